The predicted octanol–water partition coefficient (Wildman–Crippen LogP) is 4.58. The quantitative estimate of drug-likeness (QED) is 0.523. The van der Waals surface area contributed by atoms with Crippen LogP contribution in [0.2, 0.25) is 0 Å². The first-order valence-corrected chi connectivity index (χ1v) is 9.90. The summed E-state index contributed by atoms with van der Waals surface area (Å²) in [7, 11) is 0. The average molecular weight is 391 g/mol. The van der Waals surface area contributed by atoms with Crippen LogP contribution in [-0.4, -0.2) is 21.1 Å². The summed E-state index contributed by atoms with van der Waals surface area (Å²) in [5.74, 6) is -1.84. The number of aryl methyl sites for hydroxylation is 2. The van der Waals surface area contributed by atoms with Gasteiger partial charge in [0.15, 0.2) is 0 Å². The lowest BCUT2D eigenvalue weighted by Crippen LogP contribution is -2.23. The van der Waals surface area contributed by atoms with Crippen LogP contribution in [-0.2, 0) is 17.6 Å². The molecule has 1 aromatic carbocycles. The summed E-state index contributed by atoms with van der Waals surface area (Å²) in [6.07, 6.45) is 4.73. The van der Waals surface area contributed by atoms with Crippen LogP contribution in [0.5, 0.6) is 0 Å². The number of thioether (sulfide) groups is 1. The number of fused-ring (bicyclic) bond motifs is 3. The van der Waals surface area contributed by atoms with E-state index in [0.29, 0.717) is 0 Å². The molecule has 134 valence electrons. The number of thiophene rings is 1. The summed E-state index contributed by atoms with van der Waals surface area (Å²) >= 11 is 3.02. The van der Waals surface area contributed by atoms with E-state index in [4.69, 9.17) is 0 Å². The number of carbonyl (C=O) groups excluding carboxylic acids is 1. The van der Waals surface area contributed by atoms with Gasteiger partial charge in [-0.15, -0.1) is 11.3 Å². The second kappa shape index (κ2) is 6.92. The summed E-state index contributed by atoms with van der Waals surface area (Å²) in [6.45, 7) is 1.74. The maximum Gasteiger partial charge on any atom is 0.237 e. The van der Waals surface area contributed by atoms with Gasteiger partial charge in [-0.3, -0.25) is 4.79 Å². The minimum Gasteiger partial charge on any atom is -0.323 e. The molecule has 0 spiro atoms. The van der Waals surface area contributed by atoms with Crippen molar-refractivity contribution in [1.82, 2.24) is 9.97 Å². The van der Waals surface area contributed by atoms with E-state index in [9.17, 15) is 13.6 Å². The number of hydrogen-bond donors (Lipinski definition) is 1. The van der Waals surface area contributed by atoms with Gasteiger partial charge in [-0.25, -0.2) is 18.7 Å². The molecular weight excluding hydrogens is 376 g/mol. The van der Waals surface area contributed by atoms with Crippen molar-refractivity contribution in [1.29, 1.82) is 0 Å². The number of anilines is 1. The van der Waals surface area contributed by atoms with Crippen molar-refractivity contribution in [3.05, 3.63) is 46.6 Å². The Bertz CT molecular complexity index is 1010. The van der Waals surface area contributed by atoms with Gasteiger partial charge in [0.25, 0.3) is 0 Å². The normalized spacial score (nSPS) is 14.4. The number of amides is 1. The Morgan fingerprint density at radius 3 is 2.96 bits per heavy atom. The summed E-state index contributed by atoms with van der Waals surface area (Å²) in [5, 5.41) is 3.84. The molecule has 2 aromatic heterocycles. The zero-order chi connectivity index (χ0) is 18.3. The minimum atomic E-state index is -0.796. The molecule has 0 fully saturated rings. The number of halogens is 2. The molecule has 1 atom stereocenters. The van der Waals surface area contributed by atoms with Crippen LogP contribution in [0.1, 0.15) is 23.8 Å². The molecule has 4 nitrogen and oxygen atoms in total. The summed E-state index contributed by atoms with van der Waals surface area (Å²) in [4.78, 5) is 23.5. The average Bonchev–Trinajstić information content (AvgIpc) is 3.18. The highest BCUT2D eigenvalue weighted by Gasteiger charge is 2.24. The van der Waals surface area contributed by atoms with Crippen LogP contribution in [0.25, 0.3) is 10.2 Å². The number of nitrogens with zero attached hydrogens (tertiary/aromatic N) is 2. The second-order valence-corrected chi connectivity index (χ2v) is 8.50. The highest BCUT2D eigenvalue weighted by atomic mass is 32.2. The Balaban J connectivity index is 1.55. The largest absolute Gasteiger partial charge is 0.323 e. The van der Waals surface area contributed by atoms with Crippen molar-refractivity contribution in [2.75, 3.05) is 5.32 Å². The van der Waals surface area contributed by atoms with Gasteiger partial charge in [-0.2, -0.15) is 0 Å². The summed E-state index contributed by atoms with van der Waals surface area (Å²) in [5.41, 5.74) is 1.26. The van der Waals surface area contributed by atoms with E-state index in [1.165, 1.54) is 34.6 Å². The number of carbonyl (C=O) groups is 1. The van der Waals surface area contributed by atoms with E-state index in [1.54, 1.807) is 18.3 Å². The van der Waals surface area contributed by atoms with Crippen LogP contribution in [0.4, 0.5) is 14.5 Å². The zero-order valence-corrected chi connectivity index (χ0v) is 15.5. The Morgan fingerprint density at radius 2 is 2.15 bits per heavy atom. The fraction of sp³-hybridized carbons (Fsp3) is 0.278. The van der Waals surface area contributed by atoms with Gasteiger partial charge in [0.05, 0.1) is 10.9 Å². The van der Waals surface area contributed by atoms with E-state index in [1.807, 2.05) is 0 Å². The number of nitrogens with one attached hydrogen (secondary N) is 1. The number of aromatic nitrogens is 2. The van der Waals surface area contributed by atoms with Crippen LogP contribution in [0.15, 0.2) is 29.6 Å². The second-order valence-electron chi connectivity index (χ2n) is 6.09. The molecule has 0 aliphatic heterocycles. The smallest absolute Gasteiger partial charge is 0.237 e. The minimum absolute atomic E-state index is 0.0342. The molecule has 2 heterocycles. The van der Waals surface area contributed by atoms with E-state index in [0.717, 1.165) is 46.6 Å². The highest BCUT2D eigenvalue weighted by Crippen LogP contribution is 2.40. The lowest BCUT2D eigenvalue weighted by Gasteiger charge is -2.13. The predicted molar refractivity (Wildman–Crippen MR) is 99.7 cm³/mol. The van der Waals surface area contributed by atoms with E-state index < -0.39 is 16.9 Å². The molecule has 26 heavy (non-hydrogen) atoms. The number of rotatable bonds is 4. The monoisotopic (exact) mass is 391 g/mol. The van der Waals surface area contributed by atoms with Gasteiger partial charge >= 0.3 is 0 Å². The van der Waals surface area contributed by atoms with Gasteiger partial charge in [-0.05, 0) is 43.9 Å². The number of benzene rings is 1. The fourth-order valence-corrected chi connectivity index (χ4v) is 5.28. The van der Waals surface area contributed by atoms with Gasteiger partial charge in [0.2, 0.25) is 5.91 Å². The highest BCUT2D eigenvalue weighted by molar-refractivity contribution is 8.00. The van der Waals surface area contributed by atoms with Crippen molar-refractivity contribution < 1.29 is 13.6 Å². The van der Waals surface area contributed by atoms with E-state index >= 15 is 0 Å². The molecule has 3 aromatic rings. The fourth-order valence-electron chi connectivity index (χ4n) is 3.04. The Hall–Kier alpha value is -2.06. The molecule has 8 heteroatoms. The standard InChI is InChI=1S/C18H15F2N3OS2/c1-9(16(24)23-13-6-5-10(19)7-12(13)20)25-17-15-11-3-2-4-14(11)26-18(15)22-8-21-17/h5-9H,2-4H2,1H3,(H,23,24). The first-order chi connectivity index (χ1) is 12.5. The molecule has 0 saturated carbocycles. The number of hydrogen-bond acceptors (Lipinski definition) is 5. The van der Waals surface area contributed by atoms with E-state index in [-0.39, 0.29) is 11.6 Å². The van der Waals surface area contributed by atoms with Crippen LogP contribution in [0, 0.1) is 11.6 Å². The van der Waals surface area contributed by atoms with Crippen molar-refractivity contribution in [2.45, 2.75) is 36.5 Å². The third-order valence-corrected chi connectivity index (χ3v) is 6.61. The van der Waals surface area contributed by atoms with E-state index in [2.05, 4.69) is 15.3 Å². The third-order valence-electron chi connectivity index (χ3n) is 4.31. The first kappa shape index (κ1) is 17.4. The molecule has 0 saturated heterocycles. The Labute approximate surface area is 157 Å². The topological polar surface area (TPSA) is 54.9 Å². The van der Waals surface area contributed by atoms with Crippen LogP contribution in [0.3, 0.4) is 0 Å². The third kappa shape index (κ3) is 3.19. The zero-order valence-electron chi connectivity index (χ0n) is 13.9. The van der Waals surface area contributed by atoms with Crippen LogP contribution < -0.4 is 5.32 Å². The maximum absolute atomic E-state index is 13.7. The molecule has 1 amide bonds. The lowest BCUT2D eigenvalue weighted by molar-refractivity contribution is -0.115. The molecule has 1 aliphatic carbocycles. The van der Waals surface area contributed by atoms with Gasteiger partial charge < -0.3 is 5.32 Å². The van der Waals surface area contributed by atoms with Crippen molar-refractivity contribution in [3.8, 4) is 0 Å². The molecule has 1 aliphatic rings. The van der Waals surface area contributed by atoms with Crippen molar-refractivity contribution >= 4 is 44.9 Å². The first-order valence-electron chi connectivity index (χ1n) is 8.20. The van der Waals surface area contributed by atoms with Crippen LogP contribution >= 0.6 is 23.1 Å². The van der Waals surface area contributed by atoms with Crippen molar-refractivity contribution in [2.24, 2.45) is 0 Å². The van der Waals surface area contributed by atoms with Gasteiger partial charge in [0, 0.05) is 16.3 Å². The molecule has 4 rings (SSSR count). The summed E-state index contributed by atoms with van der Waals surface area (Å²) in [6, 6.07) is 3.07. The SMILES string of the molecule is CC(Sc1ncnc2sc3c(c12)CCC3)C(=O)Nc1ccc(F)cc1F. The molecule has 0 bridgehead atoms. The van der Waals surface area contributed by atoms with Crippen molar-refractivity contribution in [3.63, 3.8) is 0 Å². The Morgan fingerprint density at radius 1 is 1.31 bits per heavy atom. The summed E-state index contributed by atoms with van der Waals surface area (Å²) < 4.78 is 26.7. The molecule has 0 radical (unpaired) electrons. The Kier molecular flexibility index (Phi) is 4.62. The molecule has 1 N–H and O–H groups in total. The molecule has 1 unspecified atom stereocenters. The van der Waals surface area contributed by atoms with Gasteiger partial charge in [-0.1, -0.05) is 11.8 Å². The van der Waals surface area contributed by atoms with Gasteiger partial charge in [0.1, 0.15) is 27.8 Å². The molecular formula is C18H15F2N3OS2. The maximum atomic E-state index is 13.7. The lowest BCUT2D eigenvalue weighted by atomic mass is 10.2.